The van der Waals surface area contributed by atoms with Crippen molar-refractivity contribution in [1.82, 2.24) is 9.66 Å². The van der Waals surface area contributed by atoms with E-state index in [9.17, 15) is 19.7 Å². The average Bonchev–Trinajstić information content (AvgIpc) is 3.39. The number of carbonyl (C=O) groups excluding carboxylic acids is 1. The molecule has 0 aliphatic rings. The predicted molar refractivity (Wildman–Crippen MR) is 141 cm³/mol. The summed E-state index contributed by atoms with van der Waals surface area (Å²) in [4.78, 5) is 40.7. The van der Waals surface area contributed by atoms with E-state index in [1.165, 1.54) is 32.6 Å². The number of hydrogen-bond acceptors (Lipinski definition) is 10. The third kappa shape index (κ3) is 4.90. The van der Waals surface area contributed by atoms with Crippen LogP contribution < -0.4 is 15.0 Å². The summed E-state index contributed by atoms with van der Waals surface area (Å²) in [5, 5.41) is 17.3. The second-order valence-electron chi connectivity index (χ2n) is 8.16. The molecule has 39 heavy (non-hydrogen) atoms. The monoisotopic (exact) mass is 528 g/mol. The number of ether oxygens (including phenoxy) is 3. The van der Waals surface area contributed by atoms with Gasteiger partial charge in [0.05, 0.1) is 36.3 Å². The van der Waals surface area contributed by atoms with E-state index in [4.69, 9.17) is 13.9 Å². The smallest absolute Gasteiger partial charge is 0.343 e. The van der Waals surface area contributed by atoms with E-state index < -0.39 is 28.7 Å². The molecule has 5 rings (SSSR count). The minimum Gasteiger partial charge on any atom is -0.493 e. The number of rotatable bonds is 8. The first-order chi connectivity index (χ1) is 18.9. The number of aromatic nitrogens is 2. The average molecular weight is 528 g/mol. The fourth-order valence-electron chi connectivity index (χ4n) is 3.91. The normalized spacial score (nSPS) is 11.2. The lowest BCUT2D eigenvalue weighted by Crippen LogP contribution is -2.20. The number of nitrogens with zero attached hydrogens (tertiary/aromatic N) is 4. The molecule has 0 saturated carbocycles. The lowest BCUT2D eigenvalue weighted by Gasteiger charge is -2.11. The summed E-state index contributed by atoms with van der Waals surface area (Å²) in [6.45, 7) is -0.555. The zero-order valence-electron chi connectivity index (χ0n) is 20.7. The highest BCUT2D eigenvalue weighted by atomic mass is 16.6. The number of para-hydroxylation sites is 2. The molecule has 196 valence electrons. The summed E-state index contributed by atoms with van der Waals surface area (Å²) < 4.78 is 22.1. The quantitative estimate of drug-likeness (QED) is 0.125. The summed E-state index contributed by atoms with van der Waals surface area (Å²) in [6.07, 6.45) is 1.25. The molecule has 2 aromatic heterocycles. The Balaban J connectivity index is 1.64. The van der Waals surface area contributed by atoms with Crippen LogP contribution in [0.15, 0.2) is 81.0 Å². The van der Waals surface area contributed by atoms with Gasteiger partial charge in [0.2, 0.25) is 11.6 Å². The Bertz CT molecular complexity index is 1790. The SMILES string of the molecule is COC(=O)COc1c(OC)cc(C=Nn2c(-c3cc4ccccc4o3)nc3ccccc3c2=O)cc1[N+](=O)[O-]. The van der Waals surface area contributed by atoms with Crippen molar-refractivity contribution < 1.29 is 28.3 Å². The van der Waals surface area contributed by atoms with E-state index in [-0.39, 0.29) is 22.9 Å². The fourth-order valence-corrected chi connectivity index (χ4v) is 3.91. The number of hydrogen-bond donors (Lipinski definition) is 0. The van der Waals surface area contributed by atoms with Crippen LogP contribution in [0.5, 0.6) is 11.5 Å². The van der Waals surface area contributed by atoms with Gasteiger partial charge in [-0.2, -0.15) is 9.78 Å². The van der Waals surface area contributed by atoms with Crippen molar-refractivity contribution in [1.29, 1.82) is 0 Å². The summed E-state index contributed by atoms with van der Waals surface area (Å²) >= 11 is 0. The number of esters is 1. The number of furan rings is 1. The maximum Gasteiger partial charge on any atom is 0.343 e. The third-order valence-electron chi connectivity index (χ3n) is 5.76. The highest BCUT2D eigenvalue weighted by Gasteiger charge is 2.23. The molecule has 0 radical (unpaired) electrons. The Kier molecular flexibility index (Phi) is 6.74. The summed E-state index contributed by atoms with van der Waals surface area (Å²) in [5.74, 6) is -0.538. The Labute approximate surface area is 219 Å². The van der Waals surface area contributed by atoms with Gasteiger partial charge < -0.3 is 18.6 Å². The number of methoxy groups -OCH3 is 2. The van der Waals surface area contributed by atoms with Gasteiger partial charge >= 0.3 is 11.7 Å². The Morgan fingerprint density at radius 2 is 1.90 bits per heavy atom. The molecule has 0 atom stereocenters. The fraction of sp³-hybridized carbons (Fsp3) is 0.111. The second-order valence-corrected chi connectivity index (χ2v) is 8.16. The lowest BCUT2D eigenvalue weighted by atomic mass is 10.2. The van der Waals surface area contributed by atoms with E-state index in [0.717, 1.165) is 10.1 Å². The van der Waals surface area contributed by atoms with E-state index in [1.54, 1.807) is 36.4 Å². The van der Waals surface area contributed by atoms with Gasteiger partial charge in [-0.1, -0.05) is 30.3 Å². The first-order valence-corrected chi connectivity index (χ1v) is 11.5. The van der Waals surface area contributed by atoms with Gasteiger partial charge in [0.15, 0.2) is 18.1 Å². The van der Waals surface area contributed by atoms with E-state index in [1.807, 2.05) is 18.2 Å². The molecule has 0 spiro atoms. The second kappa shape index (κ2) is 10.5. The first kappa shape index (κ1) is 25.1. The van der Waals surface area contributed by atoms with Gasteiger partial charge in [-0.3, -0.25) is 14.9 Å². The highest BCUT2D eigenvalue weighted by molar-refractivity contribution is 5.86. The van der Waals surface area contributed by atoms with E-state index in [2.05, 4.69) is 14.8 Å². The van der Waals surface area contributed by atoms with Gasteiger partial charge in [0.1, 0.15) is 5.58 Å². The molecule has 0 N–H and O–H groups in total. The Morgan fingerprint density at radius 1 is 1.13 bits per heavy atom. The van der Waals surface area contributed by atoms with Gasteiger partial charge in [0.25, 0.3) is 5.56 Å². The number of nitro benzene ring substituents is 1. The van der Waals surface area contributed by atoms with Crippen LogP contribution >= 0.6 is 0 Å². The number of benzene rings is 3. The minimum absolute atomic E-state index is 0.0176. The number of nitro groups is 1. The van der Waals surface area contributed by atoms with E-state index in [0.29, 0.717) is 22.2 Å². The van der Waals surface area contributed by atoms with Crippen LogP contribution in [0, 0.1) is 10.1 Å². The molecular formula is C27H20N4O8. The molecule has 2 heterocycles. The van der Waals surface area contributed by atoms with Crippen LogP contribution in [-0.4, -0.2) is 47.6 Å². The van der Waals surface area contributed by atoms with Crippen LogP contribution in [0.4, 0.5) is 5.69 Å². The third-order valence-corrected chi connectivity index (χ3v) is 5.76. The molecule has 0 bridgehead atoms. The molecule has 0 aliphatic heterocycles. The van der Waals surface area contributed by atoms with Crippen molar-refractivity contribution in [2.75, 3.05) is 20.8 Å². The van der Waals surface area contributed by atoms with Crippen molar-refractivity contribution in [3.05, 3.63) is 92.8 Å². The van der Waals surface area contributed by atoms with Crippen molar-refractivity contribution in [2.45, 2.75) is 0 Å². The summed E-state index contributed by atoms with van der Waals surface area (Å²) in [6, 6.07) is 18.5. The molecule has 5 aromatic rings. The zero-order valence-corrected chi connectivity index (χ0v) is 20.7. The van der Waals surface area contributed by atoms with Crippen LogP contribution in [0.1, 0.15) is 5.56 Å². The van der Waals surface area contributed by atoms with E-state index >= 15 is 0 Å². The van der Waals surface area contributed by atoms with Gasteiger partial charge in [-0.25, -0.2) is 9.78 Å². The summed E-state index contributed by atoms with van der Waals surface area (Å²) in [7, 11) is 2.46. The molecular weight excluding hydrogens is 508 g/mol. The zero-order chi connectivity index (χ0) is 27.5. The standard InChI is InChI=1S/C27H20N4O8/c1-36-22-12-16(11-20(31(34)35)25(22)38-15-24(32)37-2)14-28-30-26(23-13-17-7-3-6-10-21(17)39-23)29-19-9-5-4-8-18(19)27(30)33/h3-14H,15H2,1-2H3. The Morgan fingerprint density at radius 3 is 2.64 bits per heavy atom. The van der Waals surface area contributed by atoms with Crippen LogP contribution in [0.25, 0.3) is 33.5 Å². The van der Waals surface area contributed by atoms with Crippen LogP contribution in [0.3, 0.4) is 0 Å². The van der Waals surface area contributed by atoms with Crippen molar-refractivity contribution >= 4 is 39.7 Å². The van der Waals surface area contributed by atoms with Gasteiger partial charge in [-0.15, -0.1) is 0 Å². The molecule has 0 unspecified atom stereocenters. The molecule has 0 fully saturated rings. The highest BCUT2D eigenvalue weighted by Crippen LogP contribution is 2.38. The van der Waals surface area contributed by atoms with Crippen molar-refractivity contribution in [2.24, 2.45) is 5.10 Å². The molecule has 0 amide bonds. The van der Waals surface area contributed by atoms with Crippen molar-refractivity contribution in [3.8, 4) is 23.1 Å². The molecule has 12 nitrogen and oxygen atoms in total. The lowest BCUT2D eigenvalue weighted by molar-refractivity contribution is -0.385. The number of fused-ring (bicyclic) bond motifs is 2. The molecule has 3 aromatic carbocycles. The van der Waals surface area contributed by atoms with Gasteiger partial charge in [0, 0.05) is 17.0 Å². The van der Waals surface area contributed by atoms with Crippen molar-refractivity contribution in [3.63, 3.8) is 0 Å². The maximum absolute atomic E-state index is 13.5. The Hall–Kier alpha value is -5.52. The minimum atomic E-state index is -0.724. The molecule has 0 aliphatic carbocycles. The first-order valence-electron chi connectivity index (χ1n) is 11.5. The topological polar surface area (TPSA) is 148 Å². The molecule has 0 saturated heterocycles. The molecule has 12 heteroatoms. The maximum atomic E-state index is 13.5. The largest absolute Gasteiger partial charge is 0.493 e. The number of carbonyl (C=O) groups is 1. The van der Waals surface area contributed by atoms with Crippen LogP contribution in [0.2, 0.25) is 0 Å². The summed E-state index contributed by atoms with van der Waals surface area (Å²) in [5.41, 5.74) is 0.342. The predicted octanol–water partition coefficient (Wildman–Crippen LogP) is 4.16. The van der Waals surface area contributed by atoms with Crippen LogP contribution in [-0.2, 0) is 9.53 Å². The van der Waals surface area contributed by atoms with Gasteiger partial charge in [-0.05, 0) is 30.3 Å².